The van der Waals surface area contributed by atoms with Crippen molar-refractivity contribution in [3.63, 3.8) is 0 Å². The molecule has 0 saturated carbocycles. The number of benzene rings is 1. The lowest BCUT2D eigenvalue weighted by Gasteiger charge is -2.36. The zero-order chi connectivity index (χ0) is 21.5. The molecular weight excluding hydrogens is 444 g/mol. The Morgan fingerprint density at radius 2 is 1.97 bits per heavy atom. The molecule has 2 atom stereocenters. The smallest absolute Gasteiger partial charge is 0.240 e. The van der Waals surface area contributed by atoms with Crippen LogP contribution in [0.25, 0.3) is 0 Å². The maximum Gasteiger partial charge on any atom is 0.240 e. The van der Waals surface area contributed by atoms with Crippen molar-refractivity contribution in [2.45, 2.75) is 44.2 Å². The van der Waals surface area contributed by atoms with Gasteiger partial charge in [-0.1, -0.05) is 22.4 Å². The molecule has 1 aromatic carbocycles. The number of amides is 1. The fourth-order valence-corrected chi connectivity index (χ4v) is 4.65. The quantitative estimate of drug-likeness (QED) is 0.611. The Kier molecular flexibility index (Phi) is 8.09. The SMILES string of the molecule is N#Cc1cc(Br)ccc1N1CCN(CCCC[C@H](N)C(=O)N2CCC[C@H]2C#N)CC1. The second-order valence-electron chi connectivity index (χ2n) is 8.02. The van der Waals surface area contributed by atoms with E-state index in [-0.39, 0.29) is 11.9 Å². The fraction of sp³-hybridized carbons (Fsp3) is 0.591. The number of hydrogen-bond acceptors (Lipinski definition) is 6. The van der Waals surface area contributed by atoms with Crippen LogP contribution in [0.2, 0.25) is 0 Å². The van der Waals surface area contributed by atoms with E-state index in [1.165, 1.54) is 0 Å². The molecule has 0 bridgehead atoms. The van der Waals surface area contributed by atoms with Gasteiger partial charge in [-0.3, -0.25) is 9.69 Å². The number of carbonyl (C=O) groups is 1. The lowest BCUT2D eigenvalue weighted by molar-refractivity contribution is -0.132. The first kappa shape index (κ1) is 22.6. The molecule has 0 aliphatic carbocycles. The van der Waals surface area contributed by atoms with Crippen LogP contribution >= 0.6 is 15.9 Å². The number of rotatable bonds is 7. The van der Waals surface area contributed by atoms with E-state index in [1.807, 2.05) is 18.2 Å². The average Bonchev–Trinajstić information content (AvgIpc) is 3.25. The zero-order valence-electron chi connectivity index (χ0n) is 17.3. The summed E-state index contributed by atoms with van der Waals surface area (Å²) in [6, 6.07) is 9.55. The molecule has 0 unspecified atom stereocenters. The Morgan fingerprint density at radius 3 is 2.67 bits per heavy atom. The number of carbonyl (C=O) groups excluding carboxylic acids is 1. The Labute approximate surface area is 187 Å². The summed E-state index contributed by atoms with van der Waals surface area (Å²) in [6.45, 7) is 5.37. The van der Waals surface area contributed by atoms with Crippen LogP contribution in [0.4, 0.5) is 5.69 Å². The van der Waals surface area contributed by atoms with E-state index in [1.54, 1.807) is 4.90 Å². The molecule has 2 saturated heterocycles. The van der Waals surface area contributed by atoms with Crippen LogP contribution in [0.3, 0.4) is 0 Å². The maximum absolute atomic E-state index is 12.5. The minimum atomic E-state index is -0.502. The molecular formula is C22H29BrN6O. The molecule has 0 aromatic heterocycles. The summed E-state index contributed by atoms with van der Waals surface area (Å²) in [6.07, 6.45) is 4.22. The van der Waals surface area contributed by atoms with Crippen molar-refractivity contribution in [2.24, 2.45) is 5.73 Å². The van der Waals surface area contributed by atoms with Gasteiger partial charge in [-0.05, 0) is 50.4 Å². The number of nitrogens with two attached hydrogens (primary N) is 1. The van der Waals surface area contributed by atoms with Crippen LogP contribution in [0.1, 0.15) is 37.7 Å². The molecule has 2 aliphatic rings. The standard InChI is InChI=1S/C22H29BrN6O/c23-18-6-7-21(17(14-18)15-24)28-12-10-27(11-13-28)8-2-1-5-20(26)22(30)29-9-3-4-19(29)16-25/h6-7,14,19-20H,1-5,8-13,26H2/t19-,20-/m0/s1. The van der Waals surface area contributed by atoms with Crippen molar-refractivity contribution in [3.8, 4) is 12.1 Å². The number of piperazine rings is 1. The molecule has 2 fully saturated rings. The first-order valence-electron chi connectivity index (χ1n) is 10.7. The van der Waals surface area contributed by atoms with Gasteiger partial charge in [0.15, 0.2) is 0 Å². The maximum atomic E-state index is 12.5. The third-order valence-corrected chi connectivity index (χ3v) is 6.53. The van der Waals surface area contributed by atoms with Crippen LogP contribution < -0.4 is 10.6 Å². The second kappa shape index (κ2) is 10.8. The van der Waals surface area contributed by atoms with E-state index in [9.17, 15) is 10.1 Å². The minimum Gasteiger partial charge on any atom is -0.368 e. The molecule has 1 amide bonds. The van der Waals surface area contributed by atoms with Crippen LogP contribution in [-0.4, -0.2) is 67.1 Å². The summed E-state index contributed by atoms with van der Waals surface area (Å²) >= 11 is 3.43. The number of anilines is 1. The zero-order valence-corrected chi connectivity index (χ0v) is 18.9. The average molecular weight is 473 g/mol. The Bertz CT molecular complexity index is 824. The lowest BCUT2D eigenvalue weighted by Crippen LogP contribution is -2.47. The number of hydrogen-bond donors (Lipinski definition) is 1. The Morgan fingerprint density at radius 1 is 1.20 bits per heavy atom. The highest BCUT2D eigenvalue weighted by molar-refractivity contribution is 9.10. The van der Waals surface area contributed by atoms with Gasteiger partial charge in [0.1, 0.15) is 12.1 Å². The van der Waals surface area contributed by atoms with Gasteiger partial charge in [0.2, 0.25) is 5.91 Å². The molecule has 1 aromatic rings. The number of halogens is 1. The predicted octanol–water partition coefficient (Wildman–Crippen LogP) is 2.45. The molecule has 2 N–H and O–H groups in total. The summed E-state index contributed by atoms with van der Waals surface area (Å²) in [4.78, 5) is 18.8. The molecule has 0 spiro atoms. The van der Waals surface area contributed by atoms with Gasteiger partial charge in [-0.25, -0.2) is 0 Å². The molecule has 30 heavy (non-hydrogen) atoms. The van der Waals surface area contributed by atoms with Crippen molar-refractivity contribution in [1.29, 1.82) is 10.5 Å². The highest BCUT2D eigenvalue weighted by Crippen LogP contribution is 2.25. The van der Waals surface area contributed by atoms with Gasteiger partial charge in [-0.15, -0.1) is 0 Å². The topological polar surface area (TPSA) is 100 Å². The van der Waals surface area contributed by atoms with Crippen LogP contribution in [0.5, 0.6) is 0 Å². The highest BCUT2D eigenvalue weighted by Gasteiger charge is 2.31. The summed E-state index contributed by atoms with van der Waals surface area (Å²) < 4.78 is 0.922. The molecule has 160 valence electrons. The van der Waals surface area contributed by atoms with Gasteiger partial charge in [-0.2, -0.15) is 10.5 Å². The number of nitrogens with zero attached hydrogens (tertiary/aromatic N) is 5. The summed E-state index contributed by atoms with van der Waals surface area (Å²) in [5, 5.41) is 18.5. The van der Waals surface area contributed by atoms with E-state index in [4.69, 9.17) is 11.0 Å². The lowest BCUT2D eigenvalue weighted by atomic mass is 10.1. The molecule has 2 aliphatic heterocycles. The summed E-state index contributed by atoms with van der Waals surface area (Å²) in [5.41, 5.74) is 7.81. The monoisotopic (exact) mass is 472 g/mol. The van der Waals surface area contributed by atoms with Gasteiger partial charge >= 0.3 is 0 Å². The van der Waals surface area contributed by atoms with Crippen molar-refractivity contribution in [3.05, 3.63) is 28.2 Å². The number of nitriles is 2. The van der Waals surface area contributed by atoms with Gasteiger partial charge in [0.05, 0.1) is 23.4 Å². The van der Waals surface area contributed by atoms with E-state index in [0.29, 0.717) is 18.5 Å². The normalized spacial score (nSPS) is 20.6. The molecule has 7 nitrogen and oxygen atoms in total. The van der Waals surface area contributed by atoms with E-state index >= 15 is 0 Å². The number of likely N-dealkylation sites (tertiary alicyclic amines) is 1. The van der Waals surface area contributed by atoms with Crippen molar-refractivity contribution in [2.75, 3.05) is 44.2 Å². The largest absolute Gasteiger partial charge is 0.368 e. The van der Waals surface area contributed by atoms with Crippen molar-refractivity contribution in [1.82, 2.24) is 9.80 Å². The Balaban J connectivity index is 1.37. The van der Waals surface area contributed by atoms with Gasteiger partial charge in [0, 0.05) is 37.2 Å². The van der Waals surface area contributed by atoms with Crippen LogP contribution in [0, 0.1) is 22.7 Å². The molecule has 0 radical (unpaired) electrons. The minimum absolute atomic E-state index is 0.0736. The first-order chi connectivity index (χ1) is 14.5. The Hall–Kier alpha value is -2.13. The van der Waals surface area contributed by atoms with E-state index < -0.39 is 6.04 Å². The van der Waals surface area contributed by atoms with Crippen LogP contribution in [-0.2, 0) is 4.79 Å². The van der Waals surface area contributed by atoms with E-state index in [0.717, 1.165) is 68.6 Å². The van der Waals surface area contributed by atoms with Crippen molar-refractivity contribution < 1.29 is 4.79 Å². The fourth-order valence-electron chi connectivity index (χ4n) is 4.29. The molecule has 3 rings (SSSR count). The van der Waals surface area contributed by atoms with Gasteiger partial charge < -0.3 is 15.5 Å². The third kappa shape index (κ3) is 5.51. The predicted molar refractivity (Wildman–Crippen MR) is 120 cm³/mol. The molecule has 8 heteroatoms. The van der Waals surface area contributed by atoms with Crippen molar-refractivity contribution >= 4 is 27.5 Å². The third-order valence-electron chi connectivity index (χ3n) is 6.03. The number of unbranched alkanes of at least 4 members (excludes halogenated alkanes) is 1. The summed E-state index contributed by atoms with van der Waals surface area (Å²) in [5.74, 6) is -0.0736. The summed E-state index contributed by atoms with van der Waals surface area (Å²) in [7, 11) is 0. The molecule has 2 heterocycles. The first-order valence-corrected chi connectivity index (χ1v) is 11.5. The highest BCUT2D eigenvalue weighted by atomic mass is 79.9. The van der Waals surface area contributed by atoms with E-state index in [2.05, 4.69) is 37.9 Å². The van der Waals surface area contributed by atoms with Gasteiger partial charge in [0.25, 0.3) is 0 Å². The second-order valence-corrected chi connectivity index (χ2v) is 8.94. The van der Waals surface area contributed by atoms with Crippen LogP contribution in [0.15, 0.2) is 22.7 Å².